The standard InChI is InChI=1S/C31H58/c1-15-23-26(31(14)27(23)30(13,16-2)29(31,11)12)21(7)24-17-28(9,10)22(8)25(20(24)6)19(5)18(3)4/h18-27H,15-17H2,1-14H3. The van der Waals surface area contributed by atoms with Crippen LogP contribution in [-0.2, 0) is 0 Å². The van der Waals surface area contributed by atoms with Gasteiger partial charge in [0.1, 0.15) is 0 Å². The van der Waals surface area contributed by atoms with Gasteiger partial charge in [-0.3, -0.25) is 0 Å². The third kappa shape index (κ3) is 3.04. The van der Waals surface area contributed by atoms with Crippen LogP contribution in [0.15, 0.2) is 0 Å². The fourth-order valence-corrected chi connectivity index (χ4v) is 10.7. The van der Waals surface area contributed by atoms with Gasteiger partial charge in [-0.15, -0.1) is 0 Å². The quantitative estimate of drug-likeness (QED) is 0.393. The maximum Gasteiger partial charge on any atom is -0.0199 e. The molecule has 11 unspecified atom stereocenters. The molecule has 0 heterocycles. The van der Waals surface area contributed by atoms with Crippen molar-refractivity contribution in [2.24, 2.45) is 80.8 Å². The molecule has 0 aromatic rings. The molecular weight excluding hydrogens is 372 g/mol. The fraction of sp³-hybridized carbons (Fsp3) is 1.00. The van der Waals surface area contributed by atoms with E-state index in [0.717, 1.165) is 59.2 Å². The Hall–Kier alpha value is 0. The van der Waals surface area contributed by atoms with Crippen molar-refractivity contribution in [2.45, 2.75) is 116 Å². The summed E-state index contributed by atoms with van der Waals surface area (Å²) in [6.07, 6.45) is 4.15. The molecule has 0 bridgehead atoms. The van der Waals surface area contributed by atoms with Gasteiger partial charge >= 0.3 is 0 Å². The van der Waals surface area contributed by atoms with E-state index in [-0.39, 0.29) is 0 Å². The Morgan fingerprint density at radius 2 is 1.42 bits per heavy atom. The Morgan fingerprint density at radius 3 is 1.87 bits per heavy atom. The van der Waals surface area contributed by atoms with Crippen LogP contribution >= 0.6 is 0 Å². The highest BCUT2D eigenvalue weighted by atomic mass is 14.9. The van der Waals surface area contributed by atoms with Crippen LogP contribution < -0.4 is 0 Å². The lowest BCUT2D eigenvalue weighted by Crippen LogP contribution is -2.81. The van der Waals surface area contributed by atoms with Crippen molar-refractivity contribution in [2.75, 3.05) is 0 Å². The first-order valence-electron chi connectivity index (χ1n) is 14.1. The highest BCUT2D eigenvalue weighted by Crippen LogP contribution is 2.86. The third-order valence-electron chi connectivity index (χ3n) is 13.6. The van der Waals surface area contributed by atoms with E-state index < -0.39 is 0 Å². The highest BCUT2D eigenvalue weighted by Gasteiger charge is 2.81. The molecule has 0 aromatic carbocycles. The van der Waals surface area contributed by atoms with Crippen LogP contribution in [0.2, 0.25) is 0 Å². The minimum Gasteiger partial charge on any atom is -0.0651 e. The first kappa shape index (κ1) is 25.6. The third-order valence-corrected chi connectivity index (χ3v) is 13.6. The van der Waals surface area contributed by atoms with Gasteiger partial charge in [0.05, 0.1) is 0 Å². The van der Waals surface area contributed by atoms with Crippen LogP contribution in [-0.4, -0.2) is 0 Å². The number of hydrogen-bond donors (Lipinski definition) is 0. The molecule has 0 spiro atoms. The molecule has 0 radical (unpaired) electrons. The summed E-state index contributed by atoms with van der Waals surface area (Å²) < 4.78 is 0. The Bertz CT molecular complexity index is 655. The van der Waals surface area contributed by atoms with Crippen molar-refractivity contribution in [3.63, 3.8) is 0 Å². The molecule has 11 atom stereocenters. The minimum atomic E-state index is 0.454. The lowest BCUT2D eigenvalue weighted by atomic mass is 9.18. The minimum absolute atomic E-state index is 0.454. The highest BCUT2D eigenvalue weighted by molar-refractivity contribution is 5.28. The Balaban J connectivity index is 1.95. The maximum atomic E-state index is 2.71. The lowest BCUT2D eigenvalue weighted by Gasteiger charge is -2.86. The van der Waals surface area contributed by atoms with Crippen molar-refractivity contribution >= 4 is 0 Å². The molecule has 0 nitrogen and oxygen atoms in total. The molecule has 31 heavy (non-hydrogen) atoms. The Morgan fingerprint density at radius 1 is 0.871 bits per heavy atom. The molecule has 3 fully saturated rings. The monoisotopic (exact) mass is 430 g/mol. The van der Waals surface area contributed by atoms with E-state index in [2.05, 4.69) is 96.9 Å². The van der Waals surface area contributed by atoms with Crippen LogP contribution in [0.4, 0.5) is 0 Å². The average Bonchev–Trinajstić information content (AvgIpc) is 2.67. The van der Waals surface area contributed by atoms with Crippen molar-refractivity contribution in [3.8, 4) is 0 Å². The fourth-order valence-electron chi connectivity index (χ4n) is 10.7. The normalized spacial score (nSPS) is 50.2. The van der Waals surface area contributed by atoms with E-state index in [1.807, 2.05) is 0 Å². The molecule has 0 saturated heterocycles. The summed E-state index contributed by atoms with van der Waals surface area (Å²) in [6, 6.07) is 0. The second-order valence-electron chi connectivity index (χ2n) is 14.8. The van der Waals surface area contributed by atoms with Crippen molar-refractivity contribution in [1.29, 1.82) is 0 Å². The summed E-state index contributed by atoms with van der Waals surface area (Å²) in [4.78, 5) is 0. The van der Waals surface area contributed by atoms with E-state index in [4.69, 9.17) is 0 Å². The summed E-state index contributed by atoms with van der Waals surface area (Å²) in [5.41, 5.74) is 1.97. The van der Waals surface area contributed by atoms with Gasteiger partial charge in [0, 0.05) is 0 Å². The van der Waals surface area contributed by atoms with Gasteiger partial charge in [-0.05, 0) is 93.7 Å². The largest absolute Gasteiger partial charge is 0.0651 e. The predicted molar refractivity (Wildman–Crippen MR) is 138 cm³/mol. The molecule has 3 rings (SSSR count). The summed E-state index contributed by atoms with van der Waals surface area (Å²) >= 11 is 0. The van der Waals surface area contributed by atoms with E-state index >= 15 is 0 Å². The molecule has 0 amide bonds. The zero-order valence-corrected chi connectivity index (χ0v) is 23.9. The molecular formula is C31H58. The Kier molecular flexibility index (Phi) is 6.42. The van der Waals surface area contributed by atoms with Crippen LogP contribution in [0.5, 0.6) is 0 Å². The Labute approximate surface area is 197 Å². The van der Waals surface area contributed by atoms with E-state index in [1.165, 1.54) is 19.3 Å². The van der Waals surface area contributed by atoms with Crippen LogP contribution in [0.3, 0.4) is 0 Å². The van der Waals surface area contributed by atoms with Crippen molar-refractivity contribution in [1.82, 2.24) is 0 Å². The van der Waals surface area contributed by atoms with Crippen LogP contribution in [0.25, 0.3) is 0 Å². The van der Waals surface area contributed by atoms with E-state index in [1.54, 1.807) is 0 Å². The average molecular weight is 431 g/mol. The molecule has 182 valence electrons. The molecule has 0 N–H and O–H groups in total. The summed E-state index contributed by atoms with van der Waals surface area (Å²) in [6.45, 7) is 36.1. The topological polar surface area (TPSA) is 0 Å². The lowest BCUT2D eigenvalue weighted by molar-refractivity contribution is -0.386. The zero-order valence-electron chi connectivity index (χ0n) is 23.9. The number of hydrogen-bond acceptors (Lipinski definition) is 0. The van der Waals surface area contributed by atoms with Gasteiger partial charge in [0.15, 0.2) is 0 Å². The smallest absolute Gasteiger partial charge is 0.0199 e. The van der Waals surface area contributed by atoms with Crippen molar-refractivity contribution in [3.05, 3.63) is 0 Å². The van der Waals surface area contributed by atoms with E-state index in [0.29, 0.717) is 21.7 Å². The number of rotatable bonds is 6. The second kappa shape index (κ2) is 7.77. The van der Waals surface area contributed by atoms with Gasteiger partial charge in [-0.1, -0.05) is 103 Å². The summed E-state index contributed by atoms with van der Waals surface area (Å²) in [5, 5.41) is 0. The van der Waals surface area contributed by atoms with Crippen molar-refractivity contribution < 1.29 is 0 Å². The van der Waals surface area contributed by atoms with Gasteiger partial charge in [-0.2, -0.15) is 0 Å². The van der Waals surface area contributed by atoms with Gasteiger partial charge in [0.2, 0.25) is 0 Å². The van der Waals surface area contributed by atoms with Gasteiger partial charge in [-0.25, -0.2) is 0 Å². The van der Waals surface area contributed by atoms with Crippen LogP contribution in [0.1, 0.15) is 116 Å². The molecule has 3 aliphatic carbocycles. The molecule has 0 aromatic heterocycles. The first-order valence-corrected chi connectivity index (χ1v) is 14.1. The number of fused-ring (bicyclic) bond motifs is 1. The van der Waals surface area contributed by atoms with Gasteiger partial charge < -0.3 is 0 Å². The molecule has 3 aliphatic rings. The van der Waals surface area contributed by atoms with Gasteiger partial charge in [0.25, 0.3) is 0 Å². The maximum absolute atomic E-state index is 2.71. The summed E-state index contributed by atoms with van der Waals surface area (Å²) in [5.74, 6) is 8.62. The zero-order chi connectivity index (χ0) is 23.9. The first-order chi connectivity index (χ1) is 14.1. The predicted octanol–water partition coefficient (Wildman–Crippen LogP) is 9.58. The molecule has 0 aliphatic heterocycles. The SMILES string of the molecule is CCC1C(C(C)C2CC(C)(C)C(C)C(C(C)C(C)C)C2C)C2(C)C1C(C)(CC)C2(C)C. The second-order valence-corrected chi connectivity index (χ2v) is 14.8. The summed E-state index contributed by atoms with van der Waals surface area (Å²) in [7, 11) is 0. The van der Waals surface area contributed by atoms with E-state index in [9.17, 15) is 0 Å². The molecule has 0 heteroatoms. The van der Waals surface area contributed by atoms with Crippen LogP contribution in [0, 0.1) is 80.8 Å². The molecule has 3 saturated carbocycles.